The van der Waals surface area contributed by atoms with Crippen molar-refractivity contribution in [1.82, 2.24) is 10.2 Å². The second kappa shape index (κ2) is 4.57. The third kappa shape index (κ3) is 1.97. The zero-order valence-electron chi connectivity index (χ0n) is 9.98. The summed E-state index contributed by atoms with van der Waals surface area (Å²) in [6.45, 7) is 5.88. The Bertz CT molecular complexity index is 292. The number of rotatable bonds is 2. The van der Waals surface area contributed by atoms with E-state index >= 15 is 0 Å². The number of nitrogens with one attached hydrogen (secondary N) is 1. The van der Waals surface area contributed by atoms with Crippen LogP contribution in [0.15, 0.2) is 4.99 Å². The minimum Gasteiger partial charge on any atom is -0.361 e. The van der Waals surface area contributed by atoms with Gasteiger partial charge in [-0.1, -0.05) is 18.7 Å². The van der Waals surface area contributed by atoms with Gasteiger partial charge in [0.25, 0.3) is 0 Å². The molecule has 0 aromatic heterocycles. The number of aliphatic imine (C=N–C) groups is 1. The van der Waals surface area contributed by atoms with Crippen LogP contribution >= 0.6 is 11.8 Å². The quantitative estimate of drug-likeness (QED) is 0.795. The topological polar surface area (TPSA) is 27.6 Å². The third-order valence-corrected chi connectivity index (χ3v) is 5.37. The van der Waals surface area contributed by atoms with Crippen LogP contribution in [0.4, 0.5) is 0 Å². The molecule has 0 radical (unpaired) electrons. The molecule has 3 aliphatic rings. The van der Waals surface area contributed by atoms with Crippen LogP contribution < -0.4 is 5.32 Å². The van der Waals surface area contributed by atoms with Gasteiger partial charge in [-0.25, -0.2) is 0 Å². The van der Waals surface area contributed by atoms with E-state index in [9.17, 15) is 0 Å². The molecule has 0 aliphatic carbocycles. The van der Waals surface area contributed by atoms with E-state index in [2.05, 4.69) is 22.1 Å². The zero-order chi connectivity index (χ0) is 11.0. The van der Waals surface area contributed by atoms with Crippen molar-refractivity contribution < 1.29 is 0 Å². The molecule has 90 valence electrons. The molecule has 0 spiro atoms. The summed E-state index contributed by atoms with van der Waals surface area (Å²) in [5.41, 5.74) is 0. The van der Waals surface area contributed by atoms with E-state index in [1.807, 2.05) is 11.8 Å². The fourth-order valence-corrected chi connectivity index (χ4v) is 4.12. The van der Waals surface area contributed by atoms with Crippen LogP contribution in [0.25, 0.3) is 0 Å². The van der Waals surface area contributed by atoms with Gasteiger partial charge in [-0.15, -0.1) is 0 Å². The molecule has 3 atom stereocenters. The lowest BCUT2D eigenvalue weighted by Crippen LogP contribution is -2.41. The van der Waals surface area contributed by atoms with Gasteiger partial charge in [0.05, 0.1) is 6.54 Å². The summed E-state index contributed by atoms with van der Waals surface area (Å²) in [4.78, 5) is 7.26. The maximum Gasteiger partial charge on any atom is 0.157 e. The Morgan fingerprint density at radius 3 is 3.19 bits per heavy atom. The minimum absolute atomic E-state index is 0.671. The molecule has 2 fully saturated rings. The van der Waals surface area contributed by atoms with Gasteiger partial charge in [0.2, 0.25) is 0 Å². The molecule has 3 nitrogen and oxygen atoms in total. The lowest BCUT2D eigenvalue weighted by Gasteiger charge is -2.21. The summed E-state index contributed by atoms with van der Waals surface area (Å²) in [5, 5.41) is 5.62. The monoisotopic (exact) mass is 239 g/mol. The highest BCUT2D eigenvalue weighted by atomic mass is 32.2. The van der Waals surface area contributed by atoms with Gasteiger partial charge in [0, 0.05) is 23.9 Å². The van der Waals surface area contributed by atoms with Crippen molar-refractivity contribution in [2.75, 3.05) is 19.6 Å². The molecule has 3 heterocycles. The van der Waals surface area contributed by atoms with Crippen molar-refractivity contribution in [1.29, 1.82) is 0 Å². The fraction of sp³-hybridized carbons (Fsp3) is 0.917. The summed E-state index contributed by atoms with van der Waals surface area (Å²) in [6, 6.07) is 1.47. The summed E-state index contributed by atoms with van der Waals surface area (Å²) in [5.74, 6) is 0. The van der Waals surface area contributed by atoms with Crippen molar-refractivity contribution in [3.63, 3.8) is 0 Å². The number of fused-ring (bicyclic) bond motifs is 1. The number of thioether (sulfide) groups is 1. The van der Waals surface area contributed by atoms with Gasteiger partial charge in [-0.2, -0.15) is 0 Å². The van der Waals surface area contributed by atoms with Crippen LogP contribution in [0.1, 0.15) is 32.6 Å². The van der Waals surface area contributed by atoms with Gasteiger partial charge in [-0.05, 0) is 32.2 Å². The molecule has 3 unspecified atom stereocenters. The first kappa shape index (κ1) is 10.9. The van der Waals surface area contributed by atoms with Crippen LogP contribution in [0.3, 0.4) is 0 Å². The third-order valence-electron chi connectivity index (χ3n) is 4.09. The second-order valence-electron chi connectivity index (χ2n) is 5.08. The average molecular weight is 239 g/mol. The van der Waals surface area contributed by atoms with E-state index in [0.717, 1.165) is 17.8 Å². The van der Waals surface area contributed by atoms with E-state index in [1.165, 1.54) is 43.9 Å². The first-order valence-corrected chi connectivity index (χ1v) is 7.46. The standard InChI is InChI=1S/C12H21N3S/c1-2-9-8-13-12(16-9)14-10-5-7-15-6-3-4-11(10)15/h9-11H,2-8H2,1H3,(H,13,14). The first-order chi connectivity index (χ1) is 7.86. The molecule has 3 aliphatic heterocycles. The molecule has 0 saturated carbocycles. The molecule has 0 aromatic rings. The number of hydrogen-bond donors (Lipinski definition) is 1. The lowest BCUT2D eigenvalue weighted by molar-refractivity contribution is 0.308. The molecule has 0 aromatic carbocycles. The SMILES string of the molecule is CCC1CN=C(NC2CCN3CCCC23)S1. The smallest absolute Gasteiger partial charge is 0.157 e. The van der Waals surface area contributed by atoms with Crippen LogP contribution in [0.2, 0.25) is 0 Å². The lowest BCUT2D eigenvalue weighted by atomic mass is 10.1. The van der Waals surface area contributed by atoms with Gasteiger partial charge < -0.3 is 5.32 Å². The molecule has 0 bridgehead atoms. The fourth-order valence-electron chi connectivity index (χ4n) is 3.12. The van der Waals surface area contributed by atoms with Gasteiger partial charge in [-0.3, -0.25) is 9.89 Å². The Balaban J connectivity index is 1.55. The molecule has 3 rings (SSSR count). The van der Waals surface area contributed by atoms with Crippen LogP contribution in [0.5, 0.6) is 0 Å². The highest BCUT2D eigenvalue weighted by Crippen LogP contribution is 2.30. The zero-order valence-corrected chi connectivity index (χ0v) is 10.8. The highest BCUT2D eigenvalue weighted by molar-refractivity contribution is 8.14. The molecule has 1 N–H and O–H groups in total. The number of amidine groups is 1. The summed E-state index contributed by atoms with van der Waals surface area (Å²) >= 11 is 1.95. The normalized spacial score (nSPS) is 38.8. The molecule has 0 amide bonds. The number of hydrogen-bond acceptors (Lipinski definition) is 4. The van der Waals surface area contributed by atoms with Crippen LogP contribution in [-0.2, 0) is 0 Å². The Morgan fingerprint density at radius 2 is 2.38 bits per heavy atom. The van der Waals surface area contributed by atoms with E-state index in [4.69, 9.17) is 0 Å². The molecular formula is C12H21N3S. The van der Waals surface area contributed by atoms with Crippen molar-refractivity contribution >= 4 is 16.9 Å². The molecular weight excluding hydrogens is 218 g/mol. The highest BCUT2D eigenvalue weighted by Gasteiger charge is 2.38. The Morgan fingerprint density at radius 1 is 1.44 bits per heavy atom. The Hall–Kier alpha value is -0.220. The van der Waals surface area contributed by atoms with Crippen molar-refractivity contribution in [2.24, 2.45) is 4.99 Å². The second-order valence-corrected chi connectivity index (χ2v) is 6.37. The summed E-state index contributed by atoms with van der Waals surface area (Å²) < 4.78 is 0. The van der Waals surface area contributed by atoms with Crippen molar-refractivity contribution in [2.45, 2.75) is 49.9 Å². The summed E-state index contributed by atoms with van der Waals surface area (Å²) in [6.07, 6.45) is 5.31. The van der Waals surface area contributed by atoms with Crippen molar-refractivity contribution in [3.05, 3.63) is 0 Å². The maximum atomic E-state index is 4.62. The Labute approximate surface area is 102 Å². The largest absolute Gasteiger partial charge is 0.361 e. The average Bonchev–Trinajstić information content (AvgIpc) is 2.97. The van der Waals surface area contributed by atoms with Crippen LogP contribution in [-0.4, -0.2) is 47.0 Å². The molecule has 2 saturated heterocycles. The maximum absolute atomic E-state index is 4.62. The van der Waals surface area contributed by atoms with Crippen molar-refractivity contribution in [3.8, 4) is 0 Å². The molecule has 16 heavy (non-hydrogen) atoms. The van der Waals surface area contributed by atoms with Gasteiger partial charge in [0.15, 0.2) is 5.17 Å². The predicted octanol–water partition coefficient (Wildman–Crippen LogP) is 1.69. The van der Waals surface area contributed by atoms with Gasteiger partial charge in [0.1, 0.15) is 0 Å². The Kier molecular flexibility index (Phi) is 3.11. The van der Waals surface area contributed by atoms with E-state index in [1.54, 1.807) is 0 Å². The van der Waals surface area contributed by atoms with E-state index < -0.39 is 0 Å². The summed E-state index contributed by atoms with van der Waals surface area (Å²) in [7, 11) is 0. The van der Waals surface area contributed by atoms with Gasteiger partial charge >= 0.3 is 0 Å². The predicted molar refractivity (Wildman–Crippen MR) is 70.1 cm³/mol. The molecule has 4 heteroatoms. The van der Waals surface area contributed by atoms with E-state index in [0.29, 0.717) is 6.04 Å². The minimum atomic E-state index is 0.671. The van der Waals surface area contributed by atoms with Crippen LogP contribution in [0, 0.1) is 0 Å². The first-order valence-electron chi connectivity index (χ1n) is 6.58. The number of nitrogens with zero attached hydrogens (tertiary/aromatic N) is 2. The van der Waals surface area contributed by atoms with E-state index in [-0.39, 0.29) is 0 Å².